The smallest absolute Gasteiger partial charge is 0.0617 e. The van der Waals surface area contributed by atoms with E-state index in [0.29, 0.717) is 0 Å². The molecule has 0 rings (SSSR count). The fraction of sp³-hybridized carbons (Fsp3) is 1.00. The third kappa shape index (κ3) is 4.07. The highest BCUT2D eigenvalue weighted by molar-refractivity contribution is 4.79. The first-order valence-corrected chi connectivity index (χ1v) is 4.52. The first-order chi connectivity index (χ1) is 5.19. The molecule has 0 radical (unpaired) electrons. The summed E-state index contributed by atoms with van der Waals surface area (Å²) in [5.74, 6) is 0.208. The molecular weight excluding hydrogens is 152 g/mol. The minimum atomic E-state index is -0.646. The first-order valence-electron chi connectivity index (χ1n) is 4.52. The second-order valence-electron chi connectivity index (χ2n) is 5.08. The molecule has 0 aliphatic carbocycles. The van der Waals surface area contributed by atoms with E-state index in [9.17, 15) is 5.11 Å². The van der Waals surface area contributed by atoms with Gasteiger partial charge in [-0.1, -0.05) is 20.8 Å². The number of aliphatic hydroxyl groups is 2. The average molecular weight is 174 g/mol. The molecule has 0 aliphatic rings. The van der Waals surface area contributed by atoms with Crippen molar-refractivity contribution in [3.05, 3.63) is 0 Å². The maximum absolute atomic E-state index is 9.66. The molecule has 0 aliphatic heterocycles. The molecule has 0 aromatic rings. The van der Waals surface area contributed by atoms with E-state index in [1.807, 2.05) is 34.6 Å². The Morgan fingerprint density at radius 3 is 1.83 bits per heavy atom. The van der Waals surface area contributed by atoms with Crippen molar-refractivity contribution < 1.29 is 10.2 Å². The molecular formula is C10H22O2. The normalized spacial score (nSPS) is 16.2. The van der Waals surface area contributed by atoms with E-state index in [4.69, 9.17) is 5.11 Å². The molecule has 0 aromatic carbocycles. The minimum absolute atomic E-state index is 0.0839. The second kappa shape index (κ2) is 3.75. The number of hydrogen-bond acceptors (Lipinski definition) is 2. The Balaban J connectivity index is 4.09. The Morgan fingerprint density at radius 2 is 1.58 bits per heavy atom. The number of aliphatic hydroxyl groups excluding tert-OH is 1. The molecule has 0 aromatic heterocycles. The van der Waals surface area contributed by atoms with Crippen LogP contribution in [0.2, 0.25) is 0 Å². The van der Waals surface area contributed by atoms with Crippen molar-refractivity contribution in [1.82, 2.24) is 0 Å². The van der Waals surface area contributed by atoms with Gasteiger partial charge in [-0.2, -0.15) is 0 Å². The van der Waals surface area contributed by atoms with E-state index < -0.39 is 5.60 Å². The van der Waals surface area contributed by atoms with E-state index in [1.165, 1.54) is 0 Å². The summed E-state index contributed by atoms with van der Waals surface area (Å²) in [5, 5.41) is 18.7. The van der Waals surface area contributed by atoms with E-state index in [2.05, 4.69) is 0 Å². The van der Waals surface area contributed by atoms with Gasteiger partial charge in [-0.15, -0.1) is 0 Å². The van der Waals surface area contributed by atoms with Crippen molar-refractivity contribution in [1.29, 1.82) is 0 Å². The summed E-state index contributed by atoms with van der Waals surface area (Å²) in [6.07, 6.45) is 0.840. The van der Waals surface area contributed by atoms with Gasteiger partial charge in [0.2, 0.25) is 0 Å². The SMILES string of the molecule is CC(CC(C)(C)CO)C(C)(C)O. The Morgan fingerprint density at radius 1 is 1.17 bits per heavy atom. The third-order valence-corrected chi connectivity index (χ3v) is 2.49. The molecule has 2 nitrogen and oxygen atoms in total. The highest BCUT2D eigenvalue weighted by Gasteiger charge is 2.28. The highest BCUT2D eigenvalue weighted by Crippen LogP contribution is 2.30. The van der Waals surface area contributed by atoms with E-state index in [-0.39, 0.29) is 17.9 Å². The van der Waals surface area contributed by atoms with Crippen LogP contribution >= 0.6 is 0 Å². The van der Waals surface area contributed by atoms with Gasteiger partial charge in [0.15, 0.2) is 0 Å². The summed E-state index contributed by atoms with van der Waals surface area (Å²) in [6, 6.07) is 0. The van der Waals surface area contributed by atoms with Crippen LogP contribution in [0.5, 0.6) is 0 Å². The van der Waals surface area contributed by atoms with Crippen molar-refractivity contribution in [2.75, 3.05) is 6.61 Å². The van der Waals surface area contributed by atoms with Gasteiger partial charge in [0.25, 0.3) is 0 Å². The average Bonchev–Trinajstić information content (AvgIpc) is 1.85. The summed E-state index contributed by atoms with van der Waals surface area (Å²) in [7, 11) is 0. The Labute approximate surface area is 75.6 Å². The molecule has 2 N–H and O–H groups in total. The fourth-order valence-corrected chi connectivity index (χ4v) is 1.14. The molecule has 1 atom stereocenters. The van der Waals surface area contributed by atoms with Gasteiger partial charge < -0.3 is 10.2 Å². The second-order valence-corrected chi connectivity index (χ2v) is 5.08. The van der Waals surface area contributed by atoms with Gasteiger partial charge in [-0.25, -0.2) is 0 Å². The van der Waals surface area contributed by atoms with Crippen molar-refractivity contribution in [3.8, 4) is 0 Å². The van der Waals surface area contributed by atoms with E-state index >= 15 is 0 Å². The Bertz CT molecular complexity index is 133. The molecule has 0 fully saturated rings. The Hall–Kier alpha value is -0.0800. The van der Waals surface area contributed by atoms with Crippen LogP contribution in [0.25, 0.3) is 0 Å². The molecule has 2 heteroatoms. The van der Waals surface area contributed by atoms with Crippen LogP contribution in [-0.4, -0.2) is 22.4 Å². The van der Waals surface area contributed by atoms with Gasteiger partial charge >= 0.3 is 0 Å². The van der Waals surface area contributed by atoms with Crippen LogP contribution in [0.3, 0.4) is 0 Å². The quantitative estimate of drug-likeness (QED) is 0.682. The summed E-state index contributed by atoms with van der Waals surface area (Å²) >= 11 is 0. The van der Waals surface area contributed by atoms with Crippen molar-refractivity contribution >= 4 is 0 Å². The van der Waals surface area contributed by atoms with Crippen molar-refractivity contribution in [2.45, 2.75) is 46.6 Å². The lowest BCUT2D eigenvalue weighted by Gasteiger charge is -2.32. The van der Waals surface area contributed by atoms with Crippen LogP contribution in [0.15, 0.2) is 0 Å². The molecule has 0 heterocycles. The van der Waals surface area contributed by atoms with E-state index in [1.54, 1.807) is 0 Å². The van der Waals surface area contributed by atoms with Crippen LogP contribution < -0.4 is 0 Å². The van der Waals surface area contributed by atoms with Crippen LogP contribution in [0.1, 0.15) is 41.0 Å². The van der Waals surface area contributed by atoms with Crippen molar-refractivity contribution in [2.24, 2.45) is 11.3 Å². The number of hydrogen-bond donors (Lipinski definition) is 2. The lowest BCUT2D eigenvalue weighted by atomic mass is 9.78. The maximum atomic E-state index is 9.66. The Kier molecular flexibility index (Phi) is 3.73. The predicted molar refractivity (Wildman–Crippen MR) is 50.9 cm³/mol. The third-order valence-electron chi connectivity index (χ3n) is 2.49. The monoisotopic (exact) mass is 174 g/mol. The lowest BCUT2D eigenvalue weighted by Crippen LogP contribution is -2.33. The summed E-state index contributed by atoms with van der Waals surface area (Å²) in [4.78, 5) is 0. The topological polar surface area (TPSA) is 40.5 Å². The largest absolute Gasteiger partial charge is 0.396 e. The highest BCUT2D eigenvalue weighted by atomic mass is 16.3. The molecule has 0 saturated heterocycles. The minimum Gasteiger partial charge on any atom is -0.396 e. The molecule has 0 saturated carbocycles. The van der Waals surface area contributed by atoms with Crippen LogP contribution in [-0.2, 0) is 0 Å². The molecule has 74 valence electrons. The zero-order valence-corrected chi connectivity index (χ0v) is 8.89. The van der Waals surface area contributed by atoms with Gasteiger partial charge in [0, 0.05) is 6.61 Å². The van der Waals surface area contributed by atoms with Crippen LogP contribution in [0, 0.1) is 11.3 Å². The summed E-state index contributed by atoms with van der Waals surface area (Å²) in [6.45, 7) is 9.82. The van der Waals surface area contributed by atoms with Crippen LogP contribution in [0.4, 0.5) is 0 Å². The van der Waals surface area contributed by atoms with Crippen molar-refractivity contribution in [3.63, 3.8) is 0 Å². The zero-order valence-electron chi connectivity index (χ0n) is 8.89. The van der Waals surface area contributed by atoms with Gasteiger partial charge in [-0.3, -0.25) is 0 Å². The van der Waals surface area contributed by atoms with Gasteiger partial charge in [-0.05, 0) is 31.6 Å². The lowest BCUT2D eigenvalue weighted by molar-refractivity contribution is -0.00274. The molecule has 12 heavy (non-hydrogen) atoms. The van der Waals surface area contributed by atoms with E-state index in [0.717, 1.165) is 6.42 Å². The zero-order chi connectivity index (χ0) is 9.99. The standard InChI is InChI=1S/C10H22O2/c1-8(10(4,5)12)6-9(2,3)7-11/h8,11-12H,6-7H2,1-5H3. The van der Waals surface area contributed by atoms with Gasteiger partial charge in [0.1, 0.15) is 0 Å². The summed E-state index contributed by atoms with van der Waals surface area (Å²) < 4.78 is 0. The molecule has 0 bridgehead atoms. The predicted octanol–water partition coefficient (Wildman–Crippen LogP) is 1.80. The molecule has 0 amide bonds. The molecule has 0 spiro atoms. The first kappa shape index (κ1) is 11.9. The molecule has 1 unspecified atom stereocenters. The number of rotatable bonds is 4. The summed E-state index contributed by atoms with van der Waals surface area (Å²) in [5.41, 5.74) is -0.730. The van der Waals surface area contributed by atoms with Gasteiger partial charge in [0.05, 0.1) is 5.60 Å². The maximum Gasteiger partial charge on any atom is 0.0617 e. The fourth-order valence-electron chi connectivity index (χ4n) is 1.14.